The van der Waals surface area contributed by atoms with E-state index >= 15 is 0 Å². The Bertz CT molecular complexity index is 1400. The summed E-state index contributed by atoms with van der Waals surface area (Å²) in [6, 6.07) is 9.91. The molecular weight excluding hydrogens is 444 g/mol. The number of hydrogen-bond acceptors (Lipinski definition) is 9. The third-order valence-corrected chi connectivity index (χ3v) is 5.09. The van der Waals surface area contributed by atoms with Crippen LogP contribution in [-0.2, 0) is 20.0 Å². The van der Waals surface area contributed by atoms with E-state index in [2.05, 4.69) is 35.5 Å². The molecular formula is C22H19ClN8O2. The minimum atomic E-state index is 0.242. The van der Waals surface area contributed by atoms with Crippen LogP contribution in [0.1, 0.15) is 22.9 Å². The van der Waals surface area contributed by atoms with E-state index in [1.165, 1.54) is 12.4 Å². The molecule has 4 aromatic heterocycles. The van der Waals surface area contributed by atoms with Crippen molar-refractivity contribution in [1.82, 2.24) is 34.7 Å². The van der Waals surface area contributed by atoms with E-state index in [1.54, 1.807) is 13.1 Å². The molecule has 10 nitrogen and oxygen atoms in total. The first-order chi connectivity index (χ1) is 16.0. The smallest absolute Gasteiger partial charge is 0.321 e. The van der Waals surface area contributed by atoms with Gasteiger partial charge >= 0.3 is 6.01 Å². The largest absolute Gasteiger partial charge is 0.425 e. The fraction of sp³-hybridized carbons (Fsp3) is 0.182. The Morgan fingerprint density at radius 2 is 1.82 bits per heavy atom. The highest BCUT2D eigenvalue weighted by atomic mass is 35.5. The van der Waals surface area contributed by atoms with E-state index in [-0.39, 0.29) is 6.01 Å². The zero-order chi connectivity index (χ0) is 22.8. The predicted octanol–water partition coefficient (Wildman–Crippen LogP) is 4.10. The number of fused-ring (bicyclic) bond motifs is 1. The molecule has 0 saturated carbocycles. The van der Waals surface area contributed by atoms with Crippen molar-refractivity contribution in [2.24, 2.45) is 7.05 Å². The van der Waals surface area contributed by atoms with Crippen LogP contribution in [0.3, 0.4) is 0 Å². The van der Waals surface area contributed by atoms with Gasteiger partial charge in [-0.25, -0.2) is 15.0 Å². The van der Waals surface area contributed by atoms with Gasteiger partial charge in [0.15, 0.2) is 5.65 Å². The molecule has 1 aromatic carbocycles. The molecule has 0 aliphatic heterocycles. The van der Waals surface area contributed by atoms with E-state index in [4.69, 9.17) is 20.8 Å². The molecule has 0 bridgehead atoms. The Morgan fingerprint density at radius 3 is 2.55 bits per heavy atom. The average Bonchev–Trinajstić information content (AvgIpc) is 3.37. The first-order valence-electron chi connectivity index (χ1n) is 10.1. The molecule has 5 rings (SSSR count). The summed E-state index contributed by atoms with van der Waals surface area (Å²) in [5, 5.41) is 11.7. The molecule has 0 atom stereocenters. The van der Waals surface area contributed by atoms with Crippen molar-refractivity contribution < 1.29 is 9.15 Å². The van der Waals surface area contributed by atoms with Gasteiger partial charge < -0.3 is 19.0 Å². The lowest BCUT2D eigenvalue weighted by Crippen LogP contribution is -2.05. The van der Waals surface area contributed by atoms with Crippen molar-refractivity contribution in [3.63, 3.8) is 0 Å². The van der Waals surface area contributed by atoms with Crippen molar-refractivity contribution in [2.45, 2.75) is 19.9 Å². The van der Waals surface area contributed by atoms with Gasteiger partial charge in [-0.3, -0.25) is 0 Å². The van der Waals surface area contributed by atoms with Gasteiger partial charge in [-0.1, -0.05) is 23.7 Å². The van der Waals surface area contributed by atoms with E-state index in [9.17, 15) is 0 Å². The highest BCUT2D eigenvalue weighted by Gasteiger charge is 2.12. The molecule has 0 aliphatic rings. The quantitative estimate of drug-likeness (QED) is 0.381. The van der Waals surface area contributed by atoms with Gasteiger partial charge in [0.25, 0.3) is 0 Å². The van der Waals surface area contributed by atoms with Crippen LogP contribution >= 0.6 is 11.6 Å². The average molecular weight is 463 g/mol. The second-order valence-corrected chi connectivity index (χ2v) is 7.79. The molecule has 5 aromatic rings. The number of hydrogen-bond donors (Lipinski definition) is 1. The molecule has 4 heterocycles. The van der Waals surface area contributed by atoms with Crippen LogP contribution in [0.4, 0.5) is 5.95 Å². The van der Waals surface area contributed by atoms with Gasteiger partial charge in [-0.2, -0.15) is 4.98 Å². The fourth-order valence-electron chi connectivity index (χ4n) is 3.26. The Hall–Kier alpha value is -4.05. The normalized spacial score (nSPS) is 11.1. The topological polar surface area (TPSA) is 117 Å². The van der Waals surface area contributed by atoms with Crippen molar-refractivity contribution in [2.75, 3.05) is 5.32 Å². The summed E-state index contributed by atoms with van der Waals surface area (Å²) >= 11 is 5.79. The summed E-state index contributed by atoms with van der Waals surface area (Å²) in [7, 11) is 1.95. The number of halogens is 1. The van der Waals surface area contributed by atoms with Crippen molar-refractivity contribution in [3.05, 3.63) is 76.9 Å². The Labute approximate surface area is 193 Å². The van der Waals surface area contributed by atoms with Crippen LogP contribution in [0.5, 0.6) is 11.8 Å². The zero-order valence-electron chi connectivity index (χ0n) is 17.9. The van der Waals surface area contributed by atoms with Gasteiger partial charge in [0.1, 0.15) is 5.75 Å². The minimum absolute atomic E-state index is 0.242. The van der Waals surface area contributed by atoms with Crippen LogP contribution < -0.4 is 10.1 Å². The molecule has 0 unspecified atom stereocenters. The van der Waals surface area contributed by atoms with Crippen LogP contribution in [0.15, 0.2) is 53.3 Å². The lowest BCUT2D eigenvalue weighted by molar-refractivity contribution is 0.441. The molecule has 1 N–H and O–H groups in total. The molecule has 0 fully saturated rings. The van der Waals surface area contributed by atoms with E-state index in [1.807, 2.05) is 41.9 Å². The molecule has 33 heavy (non-hydrogen) atoms. The predicted molar refractivity (Wildman–Crippen MR) is 121 cm³/mol. The molecule has 0 radical (unpaired) electrons. The summed E-state index contributed by atoms with van der Waals surface area (Å²) in [5.74, 6) is 2.46. The van der Waals surface area contributed by atoms with Crippen molar-refractivity contribution >= 4 is 28.7 Å². The van der Waals surface area contributed by atoms with Gasteiger partial charge in [0, 0.05) is 26.7 Å². The van der Waals surface area contributed by atoms with Gasteiger partial charge in [0.2, 0.25) is 17.7 Å². The zero-order valence-corrected chi connectivity index (χ0v) is 18.6. The number of anilines is 1. The summed E-state index contributed by atoms with van der Waals surface area (Å²) < 4.78 is 13.1. The molecule has 0 saturated heterocycles. The van der Waals surface area contributed by atoms with Gasteiger partial charge in [-0.05, 0) is 29.3 Å². The number of benzene rings is 1. The summed E-state index contributed by atoms with van der Waals surface area (Å²) in [4.78, 5) is 17.1. The van der Waals surface area contributed by atoms with Gasteiger partial charge in [-0.15, -0.1) is 10.2 Å². The number of aryl methyl sites for hydroxylation is 2. The summed E-state index contributed by atoms with van der Waals surface area (Å²) in [5.41, 5.74) is 3.61. The number of ether oxygens (including phenoxy) is 1. The maximum atomic E-state index is 5.79. The Kier molecular flexibility index (Phi) is 5.57. The van der Waals surface area contributed by atoms with E-state index in [0.717, 1.165) is 22.6 Å². The van der Waals surface area contributed by atoms with E-state index < -0.39 is 0 Å². The van der Waals surface area contributed by atoms with Gasteiger partial charge in [0.05, 0.1) is 29.4 Å². The van der Waals surface area contributed by atoms with Crippen LogP contribution in [0, 0.1) is 6.92 Å². The lowest BCUT2D eigenvalue weighted by atomic mass is 10.2. The van der Waals surface area contributed by atoms with Crippen LogP contribution in [0.2, 0.25) is 5.02 Å². The molecule has 166 valence electrons. The highest BCUT2D eigenvalue weighted by Crippen LogP contribution is 2.21. The molecule has 0 spiro atoms. The summed E-state index contributed by atoms with van der Waals surface area (Å²) in [6.45, 7) is 2.36. The lowest BCUT2D eigenvalue weighted by Gasteiger charge is -2.08. The number of nitrogens with zero attached hydrogens (tertiary/aromatic N) is 7. The SMILES string of the molecule is Cc1nnc(Cc2cnc3nc(NCc4ccc(Oc5ncc(Cl)cn5)cc4)n(C)c3c2)o1. The van der Waals surface area contributed by atoms with Crippen molar-refractivity contribution in [3.8, 4) is 11.8 Å². The maximum Gasteiger partial charge on any atom is 0.321 e. The monoisotopic (exact) mass is 462 g/mol. The minimum Gasteiger partial charge on any atom is -0.425 e. The molecule has 0 amide bonds. The Morgan fingerprint density at radius 1 is 1.03 bits per heavy atom. The Balaban J connectivity index is 1.25. The fourth-order valence-corrected chi connectivity index (χ4v) is 3.36. The highest BCUT2D eigenvalue weighted by molar-refractivity contribution is 6.30. The van der Waals surface area contributed by atoms with Crippen LogP contribution in [-0.4, -0.2) is 34.7 Å². The number of rotatable bonds is 7. The first-order valence-corrected chi connectivity index (χ1v) is 10.5. The first kappa shape index (κ1) is 20.8. The molecule has 11 heteroatoms. The number of aromatic nitrogens is 7. The second-order valence-electron chi connectivity index (χ2n) is 7.36. The molecule has 0 aliphatic carbocycles. The van der Waals surface area contributed by atoms with E-state index in [0.29, 0.717) is 41.2 Å². The number of imidazole rings is 1. The standard InChI is InChI=1S/C22H19ClN8O2/c1-13-29-30-19(32-13)8-15-7-18-20(24-10-15)28-21(31(18)2)25-9-14-3-5-17(6-4-14)33-22-26-11-16(23)12-27-22/h3-7,10-12H,8-9H2,1-2H3,(H,24,25,28). The summed E-state index contributed by atoms with van der Waals surface area (Å²) in [6.07, 6.45) is 5.28. The third kappa shape index (κ3) is 4.75. The number of pyridine rings is 1. The number of nitrogens with one attached hydrogen (secondary N) is 1. The second kappa shape index (κ2) is 8.83. The van der Waals surface area contributed by atoms with Crippen molar-refractivity contribution in [1.29, 1.82) is 0 Å². The van der Waals surface area contributed by atoms with Crippen LogP contribution in [0.25, 0.3) is 11.2 Å². The maximum absolute atomic E-state index is 5.79. The third-order valence-electron chi connectivity index (χ3n) is 4.90.